The summed E-state index contributed by atoms with van der Waals surface area (Å²) < 4.78 is 4.81. The molecule has 2 rings (SSSR count). The molecule has 1 aromatic carbocycles. The molecule has 1 aliphatic heterocycles. The highest BCUT2D eigenvalue weighted by molar-refractivity contribution is 6.30. The van der Waals surface area contributed by atoms with Gasteiger partial charge in [0.2, 0.25) is 5.91 Å². The van der Waals surface area contributed by atoms with Crippen molar-refractivity contribution < 1.29 is 14.3 Å². The minimum absolute atomic E-state index is 0.0153. The van der Waals surface area contributed by atoms with Crippen molar-refractivity contribution in [2.45, 2.75) is 25.8 Å². The summed E-state index contributed by atoms with van der Waals surface area (Å²) in [4.78, 5) is 24.6. The average Bonchev–Trinajstić information content (AvgIpc) is 2.81. The average molecular weight is 311 g/mol. The SMILES string of the molecule is CC(Cc1cccc(Cl)c1)NC(=O)CCN1CCOC1=O. The molecule has 1 atom stereocenters. The lowest BCUT2D eigenvalue weighted by molar-refractivity contribution is -0.121. The highest BCUT2D eigenvalue weighted by Gasteiger charge is 2.22. The van der Waals surface area contributed by atoms with Crippen LogP contribution in [0.4, 0.5) is 4.79 Å². The normalized spacial score (nSPS) is 15.7. The smallest absolute Gasteiger partial charge is 0.409 e. The van der Waals surface area contributed by atoms with E-state index in [4.69, 9.17) is 16.3 Å². The van der Waals surface area contributed by atoms with E-state index in [0.29, 0.717) is 24.7 Å². The van der Waals surface area contributed by atoms with Gasteiger partial charge in [-0.1, -0.05) is 23.7 Å². The molecule has 0 aliphatic carbocycles. The van der Waals surface area contributed by atoms with Gasteiger partial charge in [0.1, 0.15) is 6.61 Å². The summed E-state index contributed by atoms with van der Waals surface area (Å²) in [6.07, 6.45) is 0.669. The first-order valence-electron chi connectivity index (χ1n) is 7.00. The molecular weight excluding hydrogens is 292 g/mol. The molecule has 2 amide bonds. The molecule has 21 heavy (non-hydrogen) atoms. The zero-order valence-corrected chi connectivity index (χ0v) is 12.7. The predicted octanol–water partition coefficient (Wildman–Crippen LogP) is 2.23. The summed E-state index contributed by atoms with van der Waals surface area (Å²) >= 11 is 5.93. The zero-order valence-electron chi connectivity index (χ0n) is 12.0. The quantitative estimate of drug-likeness (QED) is 0.876. The van der Waals surface area contributed by atoms with Gasteiger partial charge in [-0.15, -0.1) is 0 Å². The first-order chi connectivity index (χ1) is 10.0. The Morgan fingerprint density at radius 2 is 2.33 bits per heavy atom. The van der Waals surface area contributed by atoms with Gasteiger partial charge in [-0.2, -0.15) is 0 Å². The van der Waals surface area contributed by atoms with Crippen LogP contribution in [0.1, 0.15) is 18.9 Å². The molecular formula is C15H19ClN2O3. The van der Waals surface area contributed by atoms with Gasteiger partial charge in [0, 0.05) is 24.0 Å². The van der Waals surface area contributed by atoms with Crippen molar-refractivity contribution in [3.63, 3.8) is 0 Å². The van der Waals surface area contributed by atoms with Crippen LogP contribution in [0.3, 0.4) is 0 Å². The molecule has 6 heteroatoms. The van der Waals surface area contributed by atoms with Crippen LogP contribution in [0.15, 0.2) is 24.3 Å². The lowest BCUT2D eigenvalue weighted by Gasteiger charge is -2.16. The Morgan fingerprint density at radius 1 is 1.52 bits per heavy atom. The molecule has 1 saturated heterocycles. The van der Waals surface area contributed by atoms with Gasteiger partial charge < -0.3 is 15.0 Å². The number of halogens is 1. The Balaban J connectivity index is 1.73. The predicted molar refractivity (Wildman–Crippen MR) is 80.3 cm³/mol. The number of carbonyl (C=O) groups excluding carboxylic acids is 2. The van der Waals surface area contributed by atoms with Gasteiger partial charge in [0.15, 0.2) is 0 Å². The van der Waals surface area contributed by atoms with E-state index in [9.17, 15) is 9.59 Å². The zero-order chi connectivity index (χ0) is 15.2. The van der Waals surface area contributed by atoms with Crippen LogP contribution in [0.25, 0.3) is 0 Å². The molecule has 1 heterocycles. The third kappa shape index (κ3) is 4.93. The van der Waals surface area contributed by atoms with E-state index in [-0.39, 0.29) is 24.5 Å². The maximum absolute atomic E-state index is 11.9. The molecule has 1 unspecified atom stereocenters. The molecule has 0 radical (unpaired) electrons. The summed E-state index contributed by atoms with van der Waals surface area (Å²) in [6, 6.07) is 7.61. The Labute approximate surface area is 129 Å². The number of amides is 2. The molecule has 1 N–H and O–H groups in total. The monoisotopic (exact) mass is 310 g/mol. The van der Waals surface area contributed by atoms with Gasteiger partial charge >= 0.3 is 6.09 Å². The second kappa shape index (κ2) is 7.31. The molecule has 1 fully saturated rings. The van der Waals surface area contributed by atoms with Crippen molar-refractivity contribution in [3.8, 4) is 0 Å². The number of ether oxygens (including phenoxy) is 1. The molecule has 5 nitrogen and oxygen atoms in total. The van der Waals surface area contributed by atoms with Crippen molar-refractivity contribution in [2.24, 2.45) is 0 Å². The fraction of sp³-hybridized carbons (Fsp3) is 0.467. The van der Waals surface area contributed by atoms with Crippen molar-refractivity contribution >= 4 is 23.6 Å². The van der Waals surface area contributed by atoms with Crippen LogP contribution < -0.4 is 5.32 Å². The van der Waals surface area contributed by atoms with E-state index in [1.165, 1.54) is 0 Å². The molecule has 1 aromatic rings. The molecule has 114 valence electrons. The fourth-order valence-electron chi connectivity index (χ4n) is 2.28. The van der Waals surface area contributed by atoms with E-state index < -0.39 is 0 Å². The Morgan fingerprint density at radius 3 is 3.00 bits per heavy atom. The van der Waals surface area contributed by atoms with E-state index in [1.54, 1.807) is 4.90 Å². The maximum Gasteiger partial charge on any atom is 0.409 e. The number of hydrogen-bond donors (Lipinski definition) is 1. The number of carbonyl (C=O) groups is 2. The van der Waals surface area contributed by atoms with Gasteiger partial charge in [0.05, 0.1) is 6.54 Å². The van der Waals surface area contributed by atoms with Gasteiger partial charge in [-0.25, -0.2) is 4.79 Å². The fourth-order valence-corrected chi connectivity index (χ4v) is 2.49. The summed E-state index contributed by atoms with van der Waals surface area (Å²) in [5.74, 6) is -0.0655. The Hall–Kier alpha value is -1.75. The summed E-state index contributed by atoms with van der Waals surface area (Å²) in [6.45, 7) is 3.31. The van der Waals surface area contributed by atoms with Crippen LogP contribution in [0.2, 0.25) is 5.02 Å². The minimum atomic E-state index is -0.338. The third-order valence-electron chi connectivity index (χ3n) is 3.29. The maximum atomic E-state index is 11.9. The Bertz CT molecular complexity index is 521. The van der Waals surface area contributed by atoms with E-state index in [0.717, 1.165) is 12.0 Å². The third-order valence-corrected chi connectivity index (χ3v) is 3.53. The number of benzene rings is 1. The first-order valence-corrected chi connectivity index (χ1v) is 7.38. The molecule has 0 spiro atoms. The second-order valence-electron chi connectivity index (χ2n) is 5.15. The lowest BCUT2D eigenvalue weighted by atomic mass is 10.1. The summed E-state index contributed by atoms with van der Waals surface area (Å²) in [7, 11) is 0. The molecule has 0 aromatic heterocycles. The van der Waals surface area contributed by atoms with Crippen molar-refractivity contribution in [1.29, 1.82) is 0 Å². The first kappa shape index (κ1) is 15.6. The topological polar surface area (TPSA) is 58.6 Å². The number of nitrogens with one attached hydrogen (secondary N) is 1. The van der Waals surface area contributed by atoms with Crippen LogP contribution in [0.5, 0.6) is 0 Å². The number of cyclic esters (lactones) is 1. The van der Waals surface area contributed by atoms with Crippen LogP contribution in [-0.4, -0.2) is 42.6 Å². The van der Waals surface area contributed by atoms with Crippen LogP contribution in [0, 0.1) is 0 Å². The van der Waals surface area contributed by atoms with Gasteiger partial charge in [-0.3, -0.25) is 4.79 Å². The highest BCUT2D eigenvalue weighted by atomic mass is 35.5. The minimum Gasteiger partial charge on any atom is -0.448 e. The van der Waals surface area contributed by atoms with Gasteiger partial charge in [0.25, 0.3) is 0 Å². The number of rotatable bonds is 6. The lowest BCUT2D eigenvalue weighted by Crippen LogP contribution is -2.36. The van der Waals surface area contributed by atoms with E-state index >= 15 is 0 Å². The second-order valence-corrected chi connectivity index (χ2v) is 5.59. The highest BCUT2D eigenvalue weighted by Crippen LogP contribution is 2.12. The van der Waals surface area contributed by atoms with Crippen molar-refractivity contribution in [1.82, 2.24) is 10.2 Å². The summed E-state index contributed by atoms with van der Waals surface area (Å²) in [5.41, 5.74) is 1.08. The van der Waals surface area contributed by atoms with E-state index in [1.807, 2.05) is 31.2 Å². The molecule has 1 aliphatic rings. The molecule has 0 bridgehead atoms. The number of hydrogen-bond acceptors (Lipinski definition) is 3. The van der Waals surface area contributed by atoms with Crippen LogP contribution >= 0.6 is 11.6 Å². The van der Waals surface area contributed by atoms with Crippen molar-refractivity contribution in [2.75, 3.05) is 19.7 Å². The largest absolute Gasteiger partial charge is 0.448 e. The molecule has 0 saturated carbocycles. The standard InChI is InChI=1S/C15H19ClN2O3/c1-11(9-12-3-2-4-13(16)10-12)17-14(19)5-6-18-7-8-21-15(18)20/h2-4,10-11H,5-9H2,1H3,(H,17,19). The van der Waals surface area contributed by atoms with Gasteiger partial charge in [-0.05, 0) is 31.0 Å². The van der Waals surface area contributed by atoms with E-state index in [2.05, 4.69) is 5.32 Å². The van der Waals surface area contributed by atoms with Crippen LogP contribution in [-0.2, 0) is 16.0 Å². The number of nitrogens with zero attached hydrogens (tertiary/aromatic N) is 1. The summed E-state index contributed by atoms with van der Waals surface area (Å²) in [5, 5.41) is 3.62. The Kier molecular flexibility index (Phi) is 5.44. The van der Waals surface area contributed by atoms with Crippen molar-refractivity contribution in [3.05, 3.63) is 34.9 Å².